The van der Waals surface area contributed by atoms with E-state index in [4.69, 9.17) is 31.3 Å². The Hall–Kier alpha value is -4.28. The van der Waals surface area contributed by atoms with E-state index in [0.29, 0.717) is 0 Å². The second kappa shape index (κ2) is 14.8. The number of carboxylic acid groups (broad SMARTS) is 5. The van der Waals surface area contributed by atoms with Crippen LogP contribution in [-0.4, -0.2) is 97.3 Å². The van der Waals surface area contributed by atoms with E-state index in [1.54, 1.807) is 5.32 Å². The van der Waals surface area contributed by atoms with E-state index in [1.165, 1.54) is 0 Å². The zero-order valence-corrected chi connectivity index (χ0v) is 18.1. The first-order valence-electron chi connectivity index (χ1n) is 9.90. The second-order valence-corrected chi connectivity index (χ2v) is 7.19. The molecule has 0 spiro atoms. The van der Waals surface area contributed by atoms with E-state index in [0.717, 1.165) is 0 Å². The van der Waals surface area contributed by atoms with E-state index in [2.05, 4.69) is 5.32 Å². The van der Waals surface area contributed by atoms with Crippen molar-refractivity contribution in [1.82, 2.24) is 16.0 Å². The van der Waals surface area contributed by atoms with Gasteiger partial charge in [0.15, 0.2) is 0 Å². The fourth-order valence-corrected chi connectivity index (χ4v) is 2.53. The predicted molar refractivity (Wildman–Crippen MR) is 110 cm³/mol. The van der Waals surface area contributed by atoms with Gasteiger partial charge in [0, 0.05) is 12.8 Å². The minimum Gasteiger partial charge on any atom is -0.481 e. The first kappa shape index (κ1) is 30.7. The fourth-order valence-electron chi connectivity index (χ4n) is 2.53. The Morgan fingerprint density at radius 2 is 0.943 bits per heavy atom. The van der Waals surface area contributed by atoms with Crippen molar-refractivity contribution in [3.05, 3.63) is 0 Å². The highest BCUT2D eigenvalue weighted by Crippen LogP contribution is 2.04. The van der Waals surface area contributed by atoms with Crippen molar-refractivity contribution in [2.45, 2.75) is 62.7 Å². The average molecular weight is 506 g/mol. The third-order valence-electron chi connectivity index (χ3n) is 4.29. The highest BCUT2D eigenvalue weighted by molar-refractivity contribution is 5.96. The van der Waals surface area contributed by atoms with Gasteiger partial charge in [-0.25, -0.2) is 4.79 Å². The van der Waals surface area contributed by atoms with Gasteiger partial charge in [-0.3, -0.25) is 33.6 Å². The van der Waals surface area contributed by atoms with E-state index < -0.39 is 104 Å². The van der Waals surface area contributed by atoms with Crippen molar-refractivity contribution in [1.29, 1.82) is 0 Å². The first-order valence-corrected chi connectivity index (χ1v) is 9.90. The molecule has 0 aliphatic heterocycles. The van der Waals surface area contributed by atoms with Crippen LogP contribution in [0.15, 0.2) is 0 Å². The van der Waals surface area contributed by atoms with Crippen LogP contribution >= 0.6 is 0 Å². The molecule has 0 saturated heterocycles. The van der Waals surface area contributed by atoms with Crippen molar-refractivity contribution in [2.24, 2.45) is 5.73 Å². The molecule has 0 aromatic carbocycles. The van der Waals surface area contributed by atoms with Crippen molar-refractivity contribution >= 4 is 47.6 Å². The van der Waals surface area contributed by atoms with E-state index in [9.17, 15) is 38.4 Å². The number of hydrogen-bond donors (Lipinski definition) is 9. The molecule has 0 aromatic heterocycles. The highest BCUT2D eigenvalue weighted by atomic mass is 16.4. The number of carbonyl (C=O) groups excluding carboxylic acids is 3. The van der Waals surface area contributed by atoms with Gasteiger partial charge in [-0.15, -0.1) is 0 Å². The molecule has 0 aromatic rings. The summed E-state index contributed by atoms with van der Waals surface area (Å²) >= 11 is 0. The maximum absolute atomic E-state index is 12.6. The quantitative estimate of drug-likeness (QED) is 0.0926. The maximum Gasteiger partial charge on any atom is 0.326 e. The number of nitrogens with one attached hydrogen (secondary N) is 3. The third-order valence-corrected chi connectivity index (χ3v) is 4.29. The average Bonchev–Trinajstić information content (AvgIpc) is 2.72. The minimum absolute atomic E-state index is 0.321. The van der Waals surface area contributed by atoms with Gasteiger partial charge in [0.2, 0.25) is 17.7 Å². The largest absolute Gasteiger partial charge is 0.481 e. The summed E-state index contributed by atoms with van der Waals surface area (Å²) in [7, 11) is 0. The molecule has 17 heteroatoms. The molecular formula is C18H26N4O13. The first-order chi connectivity index (χ1) is 16.1. The molecule has 0 aliphatic rings. The molecule has 0 unspecified atom stereocenters. The topological polar surface area (TPSA) is 300 Å². The van der Waals surface area contributed by atoms with Gasteiger partial charge in [0.1, 0.15) is 18.1 Å². The molecule has 0 rings (SSSR count). The van der Waals surface area contributed by atoms with Gasteiger partial charge < -0.3 is 47.2 Å². The molecule has 17 nitrogen and oxygen atoms in total. The van der Waals surface area contributed by atoms with Crippen LogP contribution in [0.4, 0.5) is 0 Å². The van der Waals surface area contributed by atoms with Crippen LogP contribution in [0.2, 0.25) is 0 Å². The molecule has 196 valence electrons. The van der Waals surface area contributed by atoms with E-state index in [1.807, 2.05) is 5.32 Å². The summed E-state index contributed by atoms with van der Waals surface area (Å²) in [6.45, 7) is 0. The fraction of sp³-hybridized carbons (Fsp3) is 0.556. The third kappa shape index (κ3) is 13.1. The monoisotopic (exact) mass is 506 g/mol. The SMILES string of the molecule is N[C@@H](CCC(=O)O)C(=O)N[C@@H](CCC(=O)O)C(=O)N[C@@H](CC(=O)O)C(=O)N[C@@H](CC(=O)O)C(=O)O. The lowest BCUT2D eigenvalue weighted by Gasteiger charge is -2.24. The summed E-state index contributed by atoms with van der Waals surface area (Å²) < 4.78 is 0. The summed E-state index contributed by atoms with van der Waals surface area (Å²) in [5.41, 5.74) is 5.54. The van der Waals surface area contributed by atoms with E-state index >= 15 is 0 Å². The van der Waals surface area contributed by atoms with Gasteiger partial charge in [0.05, 0.1) is 18.9 Å². The van der Waals surface area contributed by atoms with Crippen LogP contribution in [0.5, 0.6) is 0 Å². The van der Waals surface area contributed by atoms with Gasteiger partial charge in [-0.05, 0) is 12.8 Å². The molecule has 0 saturated carbocycles. The van der Waals surface area contributed by atoms with Crippen LogP contribution in [0, 0.1) is 0 Å². The standard InChI is InChI=1S/C18H26N4O13/c19-7(1-3-11(23)24)15(31)20-8(2-4-12(25)26)16(32)21-9(5-13(27)28)17(33)22-10(18(34)35)6-14(29)30/h7-10H,1-6,19H2,(H,20,31)(H,21,32)(H,22,33)(H,23,24)(H,25,26)(H,27,28)(H,29,30)(H,34,35)/t7-,8-,9-,10-/m0/s1. The Balaban J connectivity index is 5.59. The molecule has 3 amide bonds. The summed E-state index contributed by atoms with van der Waals surface area (Å²) in [6.07, 6.45) is -4.12. The number of hydrogen-bond acceptors (Lipinski definition) is 9. The number of carbonyl (C=O) groups is 8. The normalized spacial score (nSPS) is 13.9. The molecule has 4 atom stereocenters. The Morgan fingerprint density at radius 1 is 0.543 bits per heavy atom. The lowest BCUT2D eigenvalue weighted by molar-refractivity contribution is -0.148. The van der Waals surface area contributed by atoms with Crippen molar-refractivity contribution in [2.75, 3.05) is 0 Å². The second-order valence-electron chi connectivity index (χ2n) is 7.19. The molecule has 0 heterocycles. The Morgan fingerprint density at radius 3 is 1.40 bits per heavy atom. The van der Waals surface area contributed by atoms with Crippen LogP contribution in [0.3, 0.4) is 0 Å². The van der Waals surface area contributed by atoms with Crippen molar-refractivity contribution < 1.29 is 63.9 Å². The van der Waals surface area contributed by atoms with Gasteiger partial charge >= 0.3 is 29.8 Å². The molecule has 0 aliphatic carbocycles. The Kier molecular flexibility index (Phi) is 13.0. The number of amides is 3. The maximum atomic E-state index is 12.6. The molecule has 35 heavy (non-hydrogen) atoms. The number of nitrogens with two attached hydrogens (primary N) is 1. The lowest BCUT2D eigenvalue weighted by Crippen LogP contribution is -2.57. The van der Waals surface area contributed by atoms with Crippen LogP contribution in [-0.2, 0) is 38.4 Å². The van der Waals surface area contributed by atoms with Gasteiger partial charge in [0.25, 0.3) is 0 Å². The molecule has 0 bridgehead atoms. The Bertz CT molecular complexity index is 859. The minimum atomic E-state index is -1.96. The smallest absolute Gasteiger partial charge is 0.326 e. The predicted octanol–water partition coefficient (Wildman–Crippen LogP) is -3.47. The van der Waals surface area contributed by atoms with Crippen LogP contribution in [0.25, 0.3) is 0 Å². The summed E-state index contributed by atoms with van der Waals surface area (Å²) in [6, 6.07) is -6.92. The van der Waals surface area contributed by atoms with Gasteiger partial charge in [-0.1, -0.05) is 0 Å². The van der Waals surface area contributed by atoms with Crippen LogP contribution in [0.1, 0.15) is 38.5 Å². The number of rotatable bonds is 17. The summed E-state index contributed by atoms with van der Waals surface area (Å²) in [5, 5.41) is 50.1. The molecule has 0 radical (unpaired) electrons. The Labute approximate surface area is 196 Å². The number of carboxylic acids is 5. The number of aliphatic carboxylic acids is 5. The van der Waals surface area contributed by atoms with Crippen molar-refractivity contribution in [3.63, 3.8) is 0 Å². The molecule has 10 N–H and O–H groups in total. The van der Waals surface area contributed by atoms with E-state index in [-0.39, 0.29) is 6.42 Å². The lowest BCUT2D eigenvalue weighted by atomic mass is 10.1. The zero-order chi connectivity index (χ0) is 27.3. The van der Waals surface area contributed by atoms with Gasteiger partial charge in [-0.2, -0.15) is 0 Å². The van der Waals surface area contributed by atoms with Crippen LogP contribution < -0.4 is 21.7 Å². The summed E-state index contributed by atoms with van der Waals surface area (Å²) in [5.74, 6) is -11.2. The van der Waals surface area contributed by atoms with Crippen molar-refractivity contribution in [3.8, 4) is 0 Å². The molecule has 0 fully saturated rings. The highest BCUT2D eigenvalue weighted by Gasteiger charge is 2.32. The molecular weight excluding hydrogens is 480 g/mol. The zero-order valence-electron chi connectivity index (χ0n) is 18.1. The summed E-state index contributed by atoms with van der Waals surface area (Å²) in [4.78, 5) is 91.7.